The maximum Gasteiger partial charge on any atom is 0.233 e. The molecule has 106 valence electrons. The molecule has 1 rings (SSSR count). The lowest BCUT2D eigenvalue weighted by atomic mass is 10.3. The molecular formula is C13H21N3O3. The van der Waals surface area contributed by atoms with Crippen LogP contribution in [0.15, 0.2) is 24.3 Å². The van der Waals surface area contributed by atoms with E-state index in [1.165, 1.54) is 0 Å². The van der Waals surface area contributed by atoms with Crippen LogP contribution in [0.4, 0.5) is 5.69 Å². The van der Waals surface area contributed by atoms with E-state index >= 15 is 0 Å². The molecule has 6 heteroatoms. The van der Waals surface area contributed by atoms with Gasteiger partial charge in [0.1, 0.15) is 18.5 Å². The topological polar surface area (TPSA) is 87.8 Å². The van der Waals surface area contributed by atoms with Crippen LogP contribution in [0.5, 0.6) is 5.75 Å². The van der Waals surface area contributed by atoms with Crippen molar-refractivity contribution in [2.45, 2.75) is 6.10 Å². The zero-order chi connectivity index (χ0) is 14.3. The minimum Gasteiger partial charge on any atom is -0.491 e. The monoisotopic (exact) mass is 267 g/mol. The molecule has 0 aliphatic carbocycles. The number of nitrogens with zero attached hydrogens (tertiary/aromatic N) is 1. The van der Waals surface area contributed by atoms with Crippen LogP contribution >= 0.6 is 0 Å². The molecule has 1 aromatic rings. The molecule has 0 saturated heterocycles. The summed E-state index contributed by atoms with van der Waals surface area (Å²) in [5.41, 5.74) is 6.24. The highest BCUT2D eigenvalue weighted by Gasteiger charge is 2.11. The molecule has 0 aromatic heterocycles. The van der Waals surface area contributed by atoms with Gasteiger partial charge in [0.2, 0.25) is 5.91 Å². The number of likely N-dealkylation sites (N-methyl/N-ethyl adjacent to an activating group) is 2. The van der Waals surface area contributed by atoms with Crippen LogP contribution in [0.3, 0.4) is 0 Å². The van der Waals surface area contributed by atoms with Gasteiger partial charge in [0.15, 0.2) is 0 Å². The third kappa shape index (κ3) is 6.08. The Bertz CT molecular complexity index is 412. The van der Waals surface area contributed by atoms with E-state index in [2.05, 4.69) is 5.32 Å². The molecule has 0 heterocycles. The number of carbonyl (C=O) groups excluding carboxylic acids is 1. The molecule has 0 aliphatic heterocycles. The summed E-state index contributed by atoms with van der Waals surface area (Å²) < 4.78 is 5.42. The summed E-state index contributed by atoms with van der Waals surface area (Å²) in [6, 6.07) is 7.02. The Hall–Kier alpha value is -1.79. The first kappa shape index (κ1) is 15.3. The Balaban J connectivity index is 2.31. The Kier molecular flexibility index (Phi) is 6.11. The summed E-state index contributed by atoms with van der Waals surface area (Å²) >= 11 is 0. The molecule has 6 nitrogen and oxygen atoms in total. The molecule has 0 saturated carbocycles. The van der Waals surface area contributed by atoms with Crippen LogP contribution in [-0.4, -0.2) is 55.8 Å². The van der Waals surface area contributed by atoms with Gasteiger partial charge in [-0.2, -0.15) is 0 Å². The van der Waals surface area contributed by atoms with Gasteiger partial charge >= 0.3 is 0 Å². The highest BCUT2D eigenvalue weighted by molar-refractivity contribution is 5.77. The smallest absolute Gasteiger partial charge is 0.233 e. The molecule has 1 atom stereocenters. The Morgan fingerprint density at radius 1 is 1.58 bits per heavy atom. The van der Waals surface area contributed by atoms with Gasteiger partial charge in [-0.15, -0.1) is 0 Å². The first-order chi connectivity index (χ1) is 9.01. The van der Waals surface area contributed by atoms with E-state index < -0.39 is 6.10 Å². The number of carbonyl (C=O) groups is 1. The highest BCUT2D eigenvalue weighted by atomic mass is 16.5. The van der Waals surface area contributed by atoms with Crippen LogP contribution < -0.4 is 15.8 Å². The number of hydrogen-bond donors (Lipinski definition) is 3. The average molecular weight is 267 g/mol. The van der Waals surface area contributed by atoms with Crippen molar-refractivity contribution < 1.29 is 14.6 Å². The minimum atomic E-state index is -0.670. The van der Waals surface area contributed by atoms with E-state index in [1.807, 2.05) is 0 Å². The fourth-order valence-electron chi connectivity index (χ4n) is 1.60. The van der Waals surface area contributed by atoms with E-state index in [0.717, 1.165) is 0 Å². The third-order valence-electron chi connectivity index (χ3n) is 2.52. The lowest BCUT2D eigenvalue weighted by Gasteiger charge is -2.20. The first-order valence-corrected chi connectivity index (χ1v) is 6.06. The number of ether oxygens (including phenoxy) is 1. The molecule has 0 aliphatic rings. The molecule has 1 unspecified atom stereocenters. The van der Waals surface area contributed by atoms with Crippen LogP contribution in [0.25, 0.3) is 0 Å². The number of aliphatic hydroxyl groups is 1. The maximum atomic E-state index is 11.1. The molecule has 4 N–H and O–H groups in total. The summed E-state index contributed by atoms with van der Waals surface area (Å²) in [4.78, 5) is 12.9. The Morgan fingerprint density at radius 2 is 2.32 bits per heavy atom. The van der Waals surface area contributed by atoms with Gasteiger partial charge < -0.3 is 20.9 Å². The summed E-state index contributed by atoms with van der Waals surface area (Å²) in [6.45, 7) is 0.753. The number of nitrogens with two attached hydrogens (primary N) is 1. The van der Waals surface area contributed by atoms with Crippen molar-refractivity contribution in [3.63, 3.8) is 0 Å². The van der Waals surface area contributed by atoms with Crippen molar-refractivity contribution in [2.24, 2.45) is 0 Å². The first-order valence-electron chi connectivity index (χ1n) is 6.06. The van der Waals surface area contributed by atoms with Crippen molar-refractivity contribution >= 4 is 11.6 Å². The fourth-order valence-corrected chi connectivity index (χ4v) is 1.60. The lowest BCUT2D eigenvalue weighted by Crippen LogP contribution is -2.39. The third-order valence-corrected chi connectivity index (χ3v) is 2.52. The summed E-state index contributed by atoms with van der Waals surface area (Å²) in [6.07, 6.45) is -0.670. The van der Waals surface area contributed by atoms with Crippen molar-refractivity contribution in [3.05, 3.63) is 24.3 Å². The van der Waals surface area contributed by atoms with E-state index in [1.54, 1.807) is 43.3 Å². The molecule has 0 bridgehead atoms. The van der Waals surface area contributed by atoms with Crippen LogP contribution in [0.1, 0.15) is 0 Å². The molecular weight excluding hydrogens is 246 g/mol. The molecule has 19 heavy (non-hydrogen) atoms. The van der Waals surface area contributed by atoms with Gasteiger partial charge in [0.25, 0.3) is 0 Å². The molecule has 0 radical (unpaired) electrons. The predicted octanol–water partition coefficient (Wildman–Crippen LogP) is -0.314. The Morgan fingerprint density at radius 3 is 2.95 bits per heavy atom. The number of rotatable bonds is 7. The Labute approximate surface area is 113 Å². The SMILES string of the molecule is CNC(=O)CN(C)CC(O)COc1cccc(N)c1. The number of hydrogen-bond acceptors (Lipinski definition) is 5. The average Bonchev–Trinajstić information content (AvgIpc) is 2.36. The molecule has 1 aromatic carbocycles. The number of aliphatic hydroxyl groups excluding tert-OH is 1. The molecule has 1 amide bonds. The number of anilines is 1. The molecule has 0 fully saturated rings. The van der Waals surface area contributed by atoms with E-state index in [-0.39, 0.29) is 19.1 Å². The standard InChI is InChI=1S/C13H21N3O3/c1-15-13(18)8-16(2)7-11(17)9-19-12-5-3-4-10(14)6-12/h3-6,11,17H,7-9,14H2,1-2H3,(H,15,18). The molecule has 0 spiro atoms. The van der Waals surface area contributed by atoms with Gasteiger partial charge in [0.05, 0.1) is 6.54 Å². The van der Waals surface area contributed by atoms with Gasteiger partial charge in [-0.05, 0) is 19.2 Å². The quantitative estimate of drug-likeness (QED) is 0.590. The summed E-state index contributed by atoms with van der Waals surface area (Å²) in [5.74, 6) is 0.527. The van der Waals surface area contributed by atoms with E-state index in [9.17, 15) is 9.90 Å². The zero-order valence-electron chi connectivity index (χ0n) is 11.3. The second kappa shape index (κ2) is 7.60. The predicted molar refractivity (Wildman–Crippen MR) is 73.9 cm³/mol. The number of nitrogens with one attached hydrogen (secondary N) is 1. The van der Waals surface area contributed by atoms with E-state index in [4.69, 9.17) is 10.5 Å². The van der Waals surface area contributed by atoms with Crippen molar-refractivity contribution in [3.8, 4) is 5.75 Å². The minimum absolute atomic E-state index is 0.0912. The summed E-state index contributed by atoms with van der Waals surface area (Å²) in [7, 11) is 3.34. The maximum absolute atomic E-state index is 11.1. The lowest BCUT2D eigenvalue weighted by molar-refractivity contribution is -0.121. The number of benzene rings is 1. The van der Waals surface area contributed by atoms with Gasteiger partial charge in [-0.1, -0.05) is 6.07 Å². The van der Waals surface area contributed by atoms with Crippen molar-refractivity contribution in [2.75, 3.05) is 39.5 Å². The van der Waals surface area contributed by atoms with Gasteiger partial charge in [-0.25, -0.2) is 0 Å². The van der Waals surface area contributed by atoms with Crippen molar-refractivity contribution in [1.82, 2.24) is 10.2 Å². The fraction of sp³-hybridized carbons (Fsp3) is 0.462. The summed E-state index contributed by atoms with van der Waals surface area (Å²) in [5, 5.41) is 12.3. The normalized spacial score (nSPS) is 12.2. The van der Waals surface area contributed by atoms with E-state index in [0.29, 0.717) is 18.0 Å². The van der Waals surface area contributed by atoms with Crippen LogP contribution in [0, 0.1) is 0 Å². The second-order valence-electron chi connectivity index (χ2n) is 4.41. The number of amides is 1. The zero-order valence-corrected chi connectivity index (χ0v) is 11.3. The second-order valence-corrected chi connectivity index (χ2v) is 4.41. The van der Waals surface area contributed by atoms with Crippen molar-refractivity contribution in [1.29, 1.82) is 0 Å². The van der Waals surface area contributed by atoms with Crippen LogP contribution in [-0.2, 0) is 4.79 Å². The largest absolute Gasteiger partial charge is 0.491 e. The van der Waals surface area contributed by atoms with Gasteiger partial charge in [-0.3, -0.25) is 9.69 Å². The number of nitrogen functional groups attached to an aromatic ring is 1. The van der Waals surface area contributed by atoms with Crippen LogP contribution in [0.2, 0.25) is 0 Å². The highest BCUT2D eigenvalue weighted by Crippen LogP contribution is 2.14. The van der Waals surface area contributed by atoms with Gasteiger partial charge in [0, 0.05) is 25.3 Å².